The van der Waals surface area contributed by atoms with Crippen LogP contribution in [0.3, 0.4) is 0 Å². The molecule has 0 aromatic heterocycles. The number of nitrogens with two attached hydrogens (primary N) is 1. The van der Waals surface area contributed by atoms with Crippen LogP contribution in [0.25, 0.3) is 0 Å². The summed E-state index contributed by atoms with van der Waals surface area (Å²) < 4.78 is 0. The Bertz CT molecular complexity index is 102. The maximum atomic E-state index is 5.50. The fourth-order valence-corrected chi connectivity index (χ4v) is 1.39. The number of hydrogen-bond acceptors (Lipinski definition) is 2. The lowest BCUT2D eigenvalue weighted by Crippen LogP contribution is -2.41. The summed E-state index contributed by atoms with van der Waals surface area (Å²) in [6.45, 7) is 8.99. The molecule has 2 heteroatoms. The molecule has 2 atom stereocenters. The van der Waals surface area contributed by atoms with Gasteiger partial charge in [-0.2, -0.15) is 0 Å². The van der Waals surface area contributed by atoms with Gasteiger partial charge in [0, 0.05) is 6.04 Å². The Hall–Kier alpha value is -0.0800. The van der Waals surface area contributed by atoms with E-state index >= 15 is 0 Å². The van der Waals surface area contributed by atoms with E-state index in [0.717, 1.165) is 0 Å². The van der Waals surface area contributed by atoms with E-state index in [9.17, 15) is 0 Å². The minimum atomic E-state index is 0.491. The van der Waals surface area contributed by atoms with Gasteiger partial charge in [0.2, 0.25) is 0 Å². The predicted molar refractivity (Wildman–Crippen MR) is 54.6 cm³/mol. The van der Waals surface area contributed by atoms with Crippen molar-refractivity contribution in [1.29, 1.82) is 0 Å². The molecule has 0 aromatic carbocycles. The highest BCUT2D eigenvalue weighted by molar-refractivity contribution is 4.72. The second-order valence-electron chi connectivity index (χ2n) is 4.02. The molecule has 12 heavy (non-hydrogen) atoms. The van der Waals surface area contributed by atoms with Crippen molar-refractivity contribution in [2.24, 2.45) is 17.7 Å². The largest absolute Gasteiger partial charge is 0.271 e. The van der Waals surface area contributed by atoms with Gasteiger partial charge >= 0.3 is 0 Å². The molecule has 0 amide bonds. The molecular formula is C10H24N2. The van der Waals surface area contributed by atoms with Crippen molar-refractivity contribution in [3.63, 3.8) is 0 Å². The second kappa shape index (κ2) is 6.44. The van der Waals surface area contributed by atoms with E-state index in [-0.39, 0.29) is 0 Å². The smallest absolute Gasteiger partial charge is 0.0238 e. The third-order valence-electron chi connectivity index (χ3n) is 2.77. The van der Waals surface area contributed by atoms with Crippen molar-refractivity contribution in [3.05, 3.63) is 0 Å². The second-order valence-corrected chi connectivity index (χ2v) is 4.02. The standard InChI is InChI=1S/C10H24N2/c1-5-6-7-10(12-11)9(4)8(2)3/h8-10,12H,5-7,11H2,1-4H3. The Balaban J connectivity index is 3.79. The number of unbranched alkanes of at least 4 members (excludes halogenated alkanes) is 1. The molecule has 2 nitrogen and oxygen atoms in total. The molecule has 0 saturated heterocycles. The first-order valence-electron chi connectivity index (χ1n) is 5.09. The predicted octanol–water partition coefficient (Wildman–Crippen LogP) is 2.30. The summed E-state index contributed by atoms with van der Waals surface area (Å²) in [7, 11) is 0. The molecule has 3 N–H and O–H groups in total. The van der Waals surface area contributed by atoms with Gasteiger partial charge in [-0.1, -0.05) is 40.5 Å². The Morgan fingerprint density at radius 1 is 1.25 bits per heavy atom. The first kappa shape index (κ1) is 11.9. The quantitative estimate of drug-likeness (QED) is 0.476. The van der Waals surface area contributed by atoms with Crippen LogP contribution in [0, 0.1) is 11.8 Å². The maximum Gasteiger partial charge on any atom is 0.0238 e. The highest BCUT2D eigenvalue weighted by Crippen LogP contribution is 2.17. The molecule has 0 bridgehead atoms. The van der Waals surface area contributed by atoms with E-state index in [2.05, 4.69) is 33.1 Å². The van der Waals surface area contributed by atoms with E-state index in [1.807, 2.05) is 0 Å². The zero-order valence-corrected chi connectivity index (χ0v) is 8.93. The van der Waals surface area contributed by atoms with Crippen LogP contribution in [0.1, 0.15) is 47.0 Å². The minimum Gasteiger partial charge on any atom is -0.271 e. The zero-order chi connectivity index (χ0) is 9.56. The van der Waals surface area contributed by atoms with E-state index in [1.165, 1.54) is 19.3 Å². The molecule has 0 heterocycles. The van der Waals surface area contributed by atoms with Crippen molar-refractivity contribution in [3.8, 4) is 0 Å². The average molecular weight is 172 g/mol. The van der Waals surface area contributed by atoms with Crippen molar-refractivity contribution in [1.82, 2.24) is 5.43 Å². The van der Waals surface area contributed by atoms with Crippen LogP contribution in [0.15, 0.2) is 0 Å². The van der Waals surface area contributed by atoms with Crippen LogP contribution in [-0.2, 0) is 0 Å². The van der Waals surface area contributed by atoms with Crippen LogP contribution in [0.2, 0.25) is 0 Å². The molecule has 0 aliphatic rings. The summed E-state index contributed by atoms with van der Waals surface area (Å²) in [5.74, 6) is 6.88. The summed E-state index contributed by atoms with van der Waals surface area (Å²) in [5.41, 5.74) is 2.92. The van der Waals surface area contributed by atoms with Gasteiger partial charge in [-0.25, -0.2) is 0 Å². The van der Waals surface area contributed by atoms with Crippen molar-refractivity contribution in [2.45, 2.75) is 53.0 Å². The maximum absolute atomic E-state index is 5.50. The van der Waals surface area contributed by atoms with Gasteiger partial charge in [-0.05, 0) is 18.3 Å². The first-order chi connectivity index (χ1) is 5.63. The van der Waals surface area contributed by atoms with Crippen LogP contribution >= 0.6 is 0 Å². The summed E-state index contributed by atoms with van der Waals surface area (Å²) in [6, 6.07) is 0.491. The molecule has 0 radical (unpaired) electrons. The van der Waals surface area contributed by atoms with E-state index in [4.69, 9.17) is 5.84 Å². The van der Waals surface area contributed by atoms with Crippen LogP contribution in [0.5, 0.6) is 0 Å². The topological polar surface area (TPSA) is 38.0 Å². The van der Waals surface area contributed by atoms with Gasteiger partial charge in [0.1, 0.15) is 0 Å². The molecule has 0 rings (SSSR count). The molecule has 0 fully saturated rings. The van der Waals surface area contributed by atoms with E-state index < -0.39 is 0 Å². The van der Waals surface area contributed by atoms with Gasteiger partial charge in [-0.15, -0.1) is 0 Å². The van der Waals surface area contributed by atoms with Crippen LogP contribution in [0.4, 0.5) is 0 Å². The molecule has 0 aliphatic heterocycles. The zero-order valence-electron chi connectivity index (χ0n) is 8.93. The van der Waals surface area contributed by atoms with Gasteiger partial charge in [-0.3, -0.25) is 11.3 Å². The first-order valence-corrected chi connectivity index (χ1v) is 5.09. The Morgan fingerprint density at radius 3 is 2.17 bits per heavy atom. The average Bonchev–Trinajstić information content (AvgIpc) is 2.05. The van der Waals surface area contributed by atoms with Crippen LogP contribution in [-0.4, -0.2) is 6.04 Å². The van der Waals surface area contributed by atoms with E-state index in [0.29, 0.717) is 17.9 Å². The van der Waals surface area contributed by atoms with Crippen molar-refractivity contribution in [2.75, 3.05) is 0 Å². The third kappa shape index (κ3) is 4.07. The minimum absolute atomic E-state index is 0.491. The number of hydrogen-bond donors (Lipinski definition) is 2. The van der Waals surface area contributed by atoms with Gasteiger partial charge in [0.05, 0.1) is 0 Å². The number of rotatable bonds is 6. The molecule has 0 aromatic rings. The fraction of sp³-hybridized carbons (Fsp3) is 1.00. The molecular weight excluding hydrogens is 148 g/mol. The Kier molecular flexibility index (Phi) is 6.39. The normalized spacial score (nSPS) is 16.5. The third-order valence-corrected chi connectivity index (χ3v) is 2.77. The van der Waals surface area contributed by atoms with Gasteiger partial charge in [0.15, 0.2) is 0 Å². The Labute approximate surface area is 76.9 Å². The monoisotopic (exact) mass is 172 g/mol. The van der Waals surface area contributed by atoms with Crippen molar-refractivity contribution >= 4 is 0 Å². The summed E-state index contributed by atoms with van der Waals surface area (Å²) in [6.07, 6.45) is 3.72. The number of hydrazine groups is 1. The number of nitrogens with one attached hydrogen (secondary N) is 1. The highest BCUT2D eigenvalue weighted by atomic mass is 15.2. The SMILES string of the molecule is CCCCC(NN)C(C)C(C)C. The Morgan fingerprint density at radius 2 is 1.83 bits per heavy atom. The highest BCUT2D eigenvalue weighted by Gasteiger charge is 2.17. The van der Waals surface area contributed by atoms with Crippen LogP contribution < -0.4 is 11.3 Å². The summed E-state index contributed by atoms with van der Waals surface area (Å²) >= 11 is 0. The molecule has 2 unspecified atom stereocenters. The summed E-state index contributed by atoms with van der Waals surface area (Å²) in [4.78, 5) is 0. The lowest BCUT2D eigenvalue weighted by atomic mass is 9.88. The lowest BCUT2D eigenvalue weighted by Gasteiger charge is -2.26. The fourth-order valence-electron chi connectivity index (χ4n) is 1.39. The van der Waals surface area contributed by atoms with E-state index in [1.54, 1.807) is 0 Å². The summed E-state index contributed by atoms with van der Waals surface area (Å²) in [5, 5.41) is 0. The molecule has 0 aliphatic carbocycles. The van der Waals surface area contributed by atoms with Gasteiger partial charge in [0.25, 0.3) is 0 Å². The van der Waals surface area contributed by atoms with Gasteiger partial charge < -0.3 is 0 Å². The molecule has 0 saturated carbocycles. The molecule has 74 valence electrons. The molecule has 0 spiro atoms. The lowest BCUT2D eigenvalue weighted by molar-refractivity contribution is 0.283. The van der Waals surface area contributed by atoms with Crippen molar-refractivity contribution < 1.29 is 0 Å².